The maximum Gasteiger partial charge on any atom is 0.0285 e. The predicted octanol–water partition coefficient (Wildman–Crippen LogP) is -0.596. The second-order valence-corrected chi connectivity index (χ2v) is 4.18. The van der Waals surface area contributed by atoms with Gasteiger partial charge in [-0.3, -0.25) is 0 Å². The molecule has 0 bridgehead atoms. The molecule has 1 aliphatic rings. The summed E-state index contributed by atoms with van der Waals surface area (Å²) in [6, 6.07) is 0. The van der Waals surface area contributed by atoms with Gasteiger partial charge in [-0.2, -0.15) is 0 Å². The van der Waals surface area contributed by atoms with Crippen molar-refractivity contribution in [1.82, 2.24) is 25.2 Å². The molecule has 5 heteroatoms. The van der Waals surface area contributed by atoms with Crippen LogP contribution in [0.5, 0.6) is 0 Å². The highest BCUT2D eigenvalue weighted by molar-refractivity contribution is 4.60. The number of hydrogen-bond acceptors (Lipinski definition) is 5. The molecule has 0 saturated carbocycles. The Morgan fingerprint density at radius 3 is 1.57 bits per heavy atom. The highest BCUT2D eigenvalue weighted by Crippen LogP contribution is 2.05. The molecule has 84 valence electrons. The van der Waals surface area contributed by atoms with Gasteiger partial charge in [0.15, 0.2) is 0 Å². The molecule has 0 N–H and O–H groups in total. The fourth-order valence-electron chi connectivity index (χ4n) is 1.79. The summed E-state index contributed by atoms with van der Waals surface area (Å²) in [6.45, 7) is 4.35. The van der Waals surface area contributed by atoms with Crippen LogP contribution in [0.25, 0.3) is 0 Å². The number of hydrazine groups is 3. The van der Waals surface area contributed by atoms with Crippen molar-refractivity contribution < 1.29 is 0 Å². The van der Waals surface area contributed by atoms with E-state index in [1.165, 1.54) is 0 Å². The lowest BCUT2D eigenvalue weighted by atomic mass is 10.4. The molecule has 0 aromatic heterocycles. The highest BCUT2D eigenvalue weighted by Gasteiger charge is 2.21. The minimum absolute atomic E-state index is 1.05. The molecule has 1 rings (SSSR count). The molecule has 0 aromatic carbocycles. The van der Waals surface area contributed by atoms with Crippen LogP contribution in [0, 0.1) is 0 Å². The van der Waals surface area contributed by atoms with Crippen molar-refractivity contribution >= 4 is 0 Å². The summed E-state index contributed by atoms with van der Waals surface area (Å²) in [4.78, 5) is 2.36. The van der Waals surface area contributed by atoms with Crippen molar-refractivity contribution in [2.45, 2.75) is 0 Å². The number of likely N-dealkylation sites (N-methyl/N-ethyl adjacent to an activating group) is 3. The van der Waals surface area contributed by atoms with Gasteiger partial charge in [-0.25, -0.2) is 15.0 Å². The van der Waals surface area contributed by atoms with E-state index in [4.69, 9.17) is 0 Å². The zero-order chi connectivity index (χ0) is 10.7. The lowest BCUT2D eigenvalue weighted by molar-refractivity contribution is -0.280. The van der Waals surface area contributed by atoms with Crippen LogP contribution < -0.4 is 0 Å². The normalized spacial score (nSPS) is 25.3. The zero-order valence-corrected chi connectivity index (χ0v) is 10.1. The fourth-order valence-corrected chi connectivity index (χ4v) is 1.79. The van der Waals surface area contributed by atoms with Crippen LogP contribution in [0.3, 0.4) is 0 Å². The summed E-state index contributed by atoms with van der Waals surface area (Å²) in [7, 11) is 10.6. The second kappa shape index (κ2) is 5.04. The van der Waals surface area contributed by atoms with Gasteiger partial charge in [0.1, 0.15) is 0 Å². The third-order valence-corrected chi connectivity index (χ3v) is 2.58. The monoisotopic (exact) mass is 201 g/mol. The Hall–Kier alpha value is -0.200. The summed E-state index contributed by atoms with van der Waals surface area (Å²) >= 11 is 0. The Kier molecular flexibility index (Phi) is 4.28. The molecular weight excluding hydrogens is 178 g/mol. The number of nitrogens with zero attached hydrogens (tertiary/aromatic N) is 5. The van der Waals surface area contributed by atoms with E-state index in [9.17, 15) is 0 Å². The first-order valence-corrected chi connectivity index (χ1v) is 5.10. The molecule has 5 nitrogen and oxygen atoms in total. The summed E-state index contributed by atoms with van der Waals surface area (Å²) in [5.74, 6) is 0. The SMILES string of the molecule is CN1CCN(C)N(N(C)C)N(C)CC1. The smallest absolute Gasteiger partial charge is 0.0285 e. The molecule has 0 aromatic rings. The summed E-state index contributed by atoms with van der Waals surface area (Å²) < 4.78 is 0. The minimum Gasteiger partial charge on any atom is -0.304 e. The Balaban J connectivity index is 2.62. The lowest BCUT2D eigenvalue weighted by Gasteiger charge is -2.44. The van der Waals surface area contributed by atoms with E-state index in [1.54, 1.807) is 0 Å². The maximum absolute atomic E-state index is 2.36. The third kappa shape index (κ3) is 2.90. The average Bonchev–Trinajstić information content (AvgIpc) is 2.09. The van der Waals surface area contributed by atoms with Crippen molar-refractivity contribution in [3.8, 4) is 0 Å². The van der Waals surface area contributed by atoms with Crippen LogP contribution in [0.4, 0.5) is 0 Å². The van der Waals surface area contributed by atoms with Crippen molar-refractivity contribution in [1.29, 1.82) is 0 Å². The zero-order valence-electron chi connectivity index (χ0n) is 10.1. The summed E-state index contributed by atoms with van der Waals surface area (Å²) in [5.41, 5.74) is 0. The van der Waals surface area contributed by atoms with Crippen molar-refractivity contribution in [3.05, 3.63) is 0 Å². The van der Waals surface area contributed by atoms with Crippen LogP contribution >= 0.6 is 0 Å². The molecule has 0 unspecified atom stereocenters. The van der Waals surface area contributed by atoms with Gasteiger partial charge < -0.3 is 4.90 Å². The van der Waals surface area contributed by atoms with Gasteiger partial charge in [-0.1, -0.05) is 0 Å². The van der Waals surface area contributed by atoms with Gasteiger partial charge in [0, 0.05) is 54.4 Å². The minimum atomic E-state index is 1.05. The van der Waals surface area contributed by atoms with Crippen LogP contribution in [0.15, 0.2) is 0 Å². The molecule has 0 amide bonds. The van der Waals surface area contributed by atoms with Crippen LogP contribution in [-0.2, 0) is 0 Å². The van der Waals surface area contributed by atoms with E-state index < -0.39 is 0 Å². The molecule has 0 aliphatic carbocycles. The Labute approximate surface area is 87.4 Å². The van der Waals surface area contributed by atoms with Crippen LogP contribution in [-0.4, -0.2) is 86.6 Å². The van der Waals surface area contributed by atoms with Crippen LogP contribution in [0.1, 0.15) is 0 Å². The Morgan fingerprint density at radius 1 is 0.786 bits per heavy atom. The maximum atomic E-state index is 2.36. The molecule has 0 atom stereocenters. The highest BCUT2D eigenvalue weighted by atomic mass is 16.0. The van der Waals surface area contributed by atoms with Gasteiger partial charge in [0.25, 0.3) is 0 Å². The van der Waals surface area contributed by atoms with E-state index >= 15 is 0 Å². The molecule has 14 heavy (non-hydrogen) atoms. The van der Waals surface area contributed by atoms with Crippen molar-refractivity contribution in [3.63, 3.8) is 0 Å². The van der Waals surface area contributed by atoms with E-state index in [0.717, 1.165) is 26.2 Å². The molecular formula is C9H23N5. The largest absolute Gasteiger partial charge is 0.304 e. The third-order valence-electron chi connectivity index (χ3n) is 2.58. The van der Waals surface area contributed by atoms with E-state index in [2.05, 4.69) is 60.4 Å². The first kappa shape index (κ1) is 11.9. The molecule has 0 radical (unpaired) electrons. The molecule has 0 spiro atoms. The first-order valence-electron chi connectivity index (χ1n) is 5.10. The van der Waals surface area contributed by atoms with Gasteiger partial charge in [-0.15, -0.1) is 5.23 Å². The molecule has 1 aliphatic heterocycles. The van der Waals surface area contributed by atoms with E-state index in [-0.39, 0.29) is 0 Å². The quantitative estimate of drug-likeness (QED) is 0.562. The topological polar surface area (TPSA) is 16.2 Å². The first-order chi connectivity index (χ1) is 6.52. The molecule has 1 saturated heterocycles. The summed E-state index contributed by atoms with van der Waals surface area (Å²) in [5, 5.41) is 8.74. The predicted molar refractivity (Wildman–Crippen MR) is 58.3 cm³/mol. The van der Waals surface area contributed by atoms with Gasteiger partial charge in [-0.05, 0) is 7.05 Å². The van der Waals surface area contributed by atoms with Crippen molar-refractivity contribution in [2.75, 3.05) is 61.4 Å². The standard InChI is InChI=1S/C9H23N5/c1-10(2)14-12(4)8-6-11(3)7-9-13(14)5/h6-9H2,1-5H3. The molecule has 1 fully saturated rings. The van der Waals surface area contributed by atoms with Crippen molar-refractivity contribution in [2.24, 2.45) is 0 Å². The Morgan fingerprint density at radius 2 is 1.21 bits per heavy atom. The van der Waals surface area contributed by atoms with E-state index in [1.807, 2.05) is 0 Å². The van der Waals surface area contributed by atoms with Crippen LogP contribution in [0.2, 0.25) is 0 Å². The summed E-state index contributed by atoms with van der Waals surface area (Å²) in [6.07, 6.45) is 0. The fraction of sp³-hybridized carbons (Fsp3) is 1.00. The lowest BCUT2D eigenvalue weighted by Crippen LogP contribution is -2.60. The van der Waals surface area contributed by atoms with E-state index in [0.29, 0.717) is 0 Å². The Bertz CT molecular complexity index is 159. The van der Waals surface area contributed by atoms with Gasteiger partial charge in [0.2, 0.25) is 0 Å². The average molecular weight is 201 g/mol. The van der Waals surface area contributed by atoms with Gasteiger partial charge in [0.05, 0.1) is 0 Å². The second-order valence-electron chi connectivity index (χ2n) is 4.18. The molecule has 1 heterocycles. The van der Waals surface area contributed by atoms with Gasteiger partial charge >= 0.3 is 0 Å². The number of hydrogen-bond donors (Lipinski definition) is 0. The number of rotatable bonds is 1.